The average molecular weight is 325 g/mol. The molecule has 0 aromatic heterocycles. The zero-order chi connectivity index (χ0) is 14.0. The minimum absolute atomic E-state index is 0.0927. The maximum Gasteiger partial charge on any atom is 0.0510 e. The summed E-state index contributed by atoms with van der Waals surface area (Å²) < 4.78 is 1.17. The fraction of sp³-hybridized carbons (Fsp3) is 0.625. The van der Waals surface area contributed by atoms with Crippen LogP contribution in [0.5, 0.6) is 0 Å². The highest BCUT2D eigenvalue weighted by molar-refractivity contribution is 9.10. The van der Waals surface area contributed by atoms with Crippen LogP contribution in [0.15, 0.2) is 22.7 Å². The zero-order valence-electron chi connectivity index (χ0n) is 12.2. The Hall–Kier alpha value is -0.540. The lowest BCUT2D eigenvalue weighted by molar-refractivity contribution is 0.238. The van der Waals surface area contributed by atoms with Crippen molar-refractivity contribution >= 4 is 21.6 Å². The molecule has 1 heterocycles. The van der Waals surface area contributed by atoms with Crippen molar-refractivity contribution in [3.8, 4) is 0 Å². The Balaban J connectivity index is 2.12. The summed E-state index contributed by atoms with van der Waals surface area (Å²) in [6, 6.07) is 6.61. The number of rotatable bonds is 3. The summed E-state index contributed by atoms with van der Waals surface area (Å²) in [6.07, 6.45) is 3.85. The normalized spacial score (nSPS) is 20.4. The van der Waals surface area contributed by atoms with Crippen LogP contribution < -0.4 is 10.6 Å². The van der Waals surface area contributed by atoms with E-state index in [1.807, 2.05) is 6.92 Å². The fourth-order valence-electron chi connectivity index (χ4n) is 2.70. The molecule has 0 amide bonds. The number of hydrogen-bond acceptors (Lipinski definition) is 2. The van der Waals surface area contributed by atoms with Gasteiger partial charge in [0.2, 0.25) is 0 Å². The molecule has 1 aromatic carbocycles. The minimum Gasteiger partial charge on any atom is -0.371 e. The second kappa shape index (κ2) is 5.84. The minimum atomic E-state index is 0.0927. The lowest BCUT2D eigenvalue weighted by Gasteiger charge is -2.40. The van der Waals surface area contributed by atoms with Crippen LogP contribution in [-0.2, 0) is 0 Å². The molecule has 0 saturated carbocycles. The van der Waals surface area contributed by atoms with Gasteiger partial charge in [-0.2, -0.15) is 0 Å². The fourth-order valence-corrected chi connectivity index (χ4v) is 3.35. The van der Waals surface area contributed by atoms with Crippen LogP contribution in [0.25, 0.3) is 0 Å². The Morgan fingerprint density at radius 2 is 2.00 bits per heavy atom. The molecule has 19 heavy (non-hydrogen) atoms. The van der Waals surface area contributed by atoms with Crippen LogP contribution in [0.2, 0.25) is 0 Å². The Bertz CT molecular complexity index is 434. The number of piperidine rings is 1. The van der Waals surface area contributed by atoms with E-state index in [1.54, 1.807) is 0 Å². The van der Waals surface area contributed by atoms with Gasteiger partial charge in [0.05, 0.1) is 5.69 Å². The summed E-state index contributed by atoms with van der Waals surface area (Å²) in [4.78, 5) is 2.49. The first-order chi connectivity index (χ1) is 8.95. The smallest absolute Gasteiger partial charge is 0.0510 e. The van der Waals surface area contributed by atoms with Gasteiger partial charge in [0.1, 0.15) is 0 Å². The topological polar surface area (TPSA) is 29.3 Å². The average Bonchev–Trinajstić information content (AvgIpc) is 2.40. The van der Waals surface area contributed by atoms with Crippen LogP contribution in [0.4, 0.5) is 5.69 Å². The van der Waals surface area contributed by atoms with Crippen molar-refractivity contribution in [3.05, 3.63) is 28.2 Å². The molecule has 1 fully saturated rings. The third-order valence-corrected chi connectivity index (χ3v) is 5.30. The van der Waals surface area contributed by atoms with Crippen molar-refractivity contribution in [1.82, 2.24) is 0 Å². The Morgan fingerprint density at radius 1 is 1.37 bits per heavy atom. The molecule has 1 aliphatic rings. The number of hydrogen-bond donors (Lipinski definition) is 1. The first-order valence-corrected chi connectivity index (χ1v) is 8.04. The maximum atomic E-state index is 5.93. The predicted octanol–water partition coefficient (Wildman–Crippen LogP) is 4.49. The summed E-state index contributed by atoms with van der Waals surface area (Å²) in [7, 11) is 0. The van der Waals surface area contributed by atoms with E-state index in [2.05, 4.69) is 52.9 Å². The van der Waals surface area contributed by atoms with E-state index in [0.29, 0.717) is 5.41 Å². The van der Waals surface area contributed by atoms with Gasteiger partial charge < -0.3 is 10.6 Å². The van der Waals surface area contributed by atoms with Gasteiger partial charge in [-0.3, -0.25) is 0 Å². The highest BCUT2D eigenvalue weighted by atomic mass is 79.9. The summed E-state index contributed by atoms with van der Waals surface area (Å²) >= 11 is 3.70. The van der Waals surface area contributed by atoms with E-state index in [4.69, 9.17) is 5.73 Å². The van der Waals surface area contributed by atoms with Gasteiger partial charge in [0.15, 0.2) is 0 Å². The molecule has 3 heteroatoms. The number of halogens is 1. The van der Waals surface area contributed by atoms with Crippen molar-refractivity contribution in [1.29, 1.82) is 0 Å². The van der Waals surface area contributed by atoms with E-state index in [1.165, 1.54) is 35.0 Å². The Kier molecular flexibility index (Phi) is 4.57. The number of nitrogens with zero attached hydrogens (tertiary/aromatic N) is 1. The highest BCUT2D eigenvalue weighted by Gasteiger charge is 2.28. The van der Waals surface area contributed by atoms with Crippen LogP contribution in [0, 0.1) is 5.41 Å². The second-order valence-electron chi connectivity index (χ2n) is 6.15. The van der Waals surface area contributed by atoms with Crippen LogP contribution in [0.1, 0.15) is 51.6 Å². The largest absolute Gasteiger partial charge is 0.371 e. The van der Waals surface area contributed by atoms with E-state index >= 15 is 0 Å². The van der Waals surface area contributed by atoms with E-state index < -0.39 is 0 Å². The molecule has 0 radical (unpaired) electrons. The number of benzene rings is 1. The molecule has 2 rings (SSSR count). The summed E-state index contributed by atoms with van der Waals surface area (Å²) in [5.41, 5.74) is 8.96. The number of anilines is 1. The lowest BCUT2D eigenvalue weighted by Crippen LogP contribution is -2.38. The third kappa shape index (κ3) is 3.32. The maximum absolute atomic E-state index is 5.93. The first kappa shape index (κ1) is 14.9. The highest BCUT2D eigenvalue weighted by Crippen LogP contribution is 2.38. The van der Waals surface area contributed by atoms with Crippen molar-refractivity contribution in [3.63, 3.8) is 0 Å². The summed E-state index contributed by atoms with van der Waals surface area (Å²) in [5.74, 6) is 0. The lowest BCUT2D eigenvalue weighted by atomic mass is 9.78. The zero-order valence-corrected chi connectivity index (χ0v) is 13.8. The molecule has 0 bridgehead atoms. The summed E-state index contributed by atoms with van der Waals surface area (Å²) in [6.45, 7) is 9.05. The van der Waals surface area contributed by atoms with Gasteiger partial charge in [-0.25, -0.2) is 0 Å². The quantitative estimate of drug-likeness (QED) is 0.887. The SMILES string of the molecule is CCC1(C)CCN(c2ccc(C(C)N)cc2Br)CC1. The first-order valence-electron chi connectivity index (χ1n) is 7.25. The molecule has 1 aliphatic heterocycles. The molecule has 1 atom stereocenters. The van der Waals surface area contributed by atoms with Gasteiger partial charge in [-0.05, 0) is 58.8 Å². The molecule has 0 aliphatic carbocycles. The van der Waals surface area contributed by atoms with Crippen LogP contribution >= 0.6 is 15.9 Å². The van der Waals surface area contributed by atoms with E-state index in [0.717, 1.165) is 13.1 Å². The third-order valence-electron chi connectivity index (χ3n) is 4.66. The molecule has 0 spiro atoms. The molecule has 1 saturated heterocycles. The van der Waals surface area contributed by atoms with Crippen molar-refractivity contribution in [2.24, 2.45) is 11.1 Å². The van der Waals surface area contributed by atoms with Gasteiger partial charge in [-0.1, -0.05) is 26.3 Å². The van der Waals surface area contributed by atoms with Crippen LogP contribution in [0.3, 0.4) is 0 Å². The predicted molar refractivity (Wildman–Crippen MR) is 86.6 cm³/mol. The van der Waals surface area contributed by atoms with Crippen molar-refractivity contribution in [2.45, 2.75) is 46.1 Å². The van der Waals surface area contributed by atoms with Gasteiger partial charge in [0.25, 0.3) is 0 Å². The molecule has 106 valence electrons. The monoisotopic (exact) mass is 324 g/mol. The standard InChI is InChI=1S/C16H25BrN2/c1-4-16(3)7-9-19(10-8-16)15-6-5-13(12(2)18)11-14(15)17/h5-6,11-12H,4,7-10,18H2,1-3H3. The Morgan fingerprint density at radius 3 is 2.47 bits per heavy atom. The molecule has 2 N–H and O–H groups in total. The van der Waals surface area contributed by atoms with Crippen molar-refractivity contribution < 1.29 is 0 Å². The van der Waals surface area contributed by atoms with Gasteiger partial charge >= 0.3 is 0 Å². The van der Waals surface area contributed by atoms with E-state index in [9.17, 15) is 0 Å². The Labute approximate surface area is 125 Å². The molecule has 2 nitrogen and oxygen atoms in total. The van der Waals surface area contributed by atoms with E-state index in [-0.39, 0.29) is 6.04 Å². The summed E-state index contributed by atoms with van der Waals surface area (Å²) in [5, 5.41) is 0. The molecule has 1 unspecified atom stereocenters. The molecule has 1 aromatic rings. The molecular weight excluding hydrogens is 300 g/mol. The van der Waals surface area contributed by atoms with Gasteiger partial charge in [0, 0.05) is 23.6 Å². The van der Waals surface area contributed by atoms with Crippen molar-refractivity contribution in [2.75, 3.05) is 18.0 Å². The number of nitrogens with two attached hydrogens (primary N) is 1. The second-order valence-corrected chi connectivity index (χ2v) is 7.01. The van der Waals surface area contributed by atoms with Crippen LogP contribution in [-0.4, -0.2) is 13.1 Å². The van der Waals surface area contributed by atoms with Gasteiger partial charge in [-0.15, -0.1) is 0 Å². The molecular formula is C16H25BrN2.